The van der Waals surface area contributed by atoms with Crippen molar-refractivity contribution in [2.75, 3.05) is 7.11 Å². The average Bonchev–Trinajstić information content (AvgIpc) is 3.00. The number of amides is 1. The highest BCUT2D eigenvalue weighted by atomic mass is 16.5. The van der Waals surface area contributed by atoms with Crippen molar-refractivity contribution in [3.8, 4) is 11.4 Å². The van der Waals surface area contributed by atoms with Crippen LogP contribution in [0.2, 0.25) is 0 Å². The Kier molecular flexibility index (Phi) is 6.16. The molecule has 2 aromatic rings. The number of hydrogen-bond acceptors (Lipinski definition) is 4. The molecule has 0 saturated heterocycles. The highest BCUT2D eigenvalue weighted by Gasteiger charge is 2.22. The van der Waals surface area contributed by atoms with Crippen LogP contribution in [0.1, 0.15) is 42.4 Å². The number of nitrogens with one attached hydrogen (secondary N) is 1. The Hall–Kier alpha value is -2.83. The molecule has 0 bridgehead atoms. The molecule has 134 valence electrons. The van der Waals surface area contributed by atoms with Crippen molar-refractivity contribution in [3.63, 3.8) is 0 Å². The van der Waals surface area contributed by atoms with Crippen LogP contribution in [0.4, 0.5) is 0 Å². The highest BCUT2D eigenvalue weighted by Crippen LogP contribution is 2.17. The van der Waals surface area contributed by atoms with Crippen molar-refractivity contribution in [1.82, 2.24) is 15.1 Å². The molecule has 0 aliphatic carbocycles. The lowest BCUT2D eigenvalue weighted by atomic mass is 10.1. The van der Waals surface area contributed by atoms with Gasteiger partial charge in [0.25, 0.3) is 5.91 Å². The van der Waals surface area contributed by atoms with Gasteiger partial charge in [-0.2, -0.15) is 5.10 Å². The van der Waals surface area contributed by atoms with Gasteiger partial charge in [-0.25, -0.2) is 9.48 Å². The second-order valence-corrected chi connectivity index (χ2v) is 5.79. The molecule has 0 aliphatic rings. The van der Waals surface area contributed by atoms with Crippen molar-refractivity contribution in [2.24, 2.45) is 0 Å². The number of nitrogens with zero attached hydrogens (tertiary/aromatic N) is 2. The monoisotopic (exact) mass is 345 g/mol. The molecule has 0 spiro atoms. The number of methoxy groups -OCH3 is 1. The summed E-state index contributed by atoms with van der Waals surface area (Å²) in [6.07, 6.45) is 2.00. The van der Waals surface area contributed by atoms with Gasteiger partial charge < -0.3 is 15.2 Å². The third-order valence-corrected chi connectivity index (χ3v) is 3.89. The van der Waals surface area contributed by atoms with Crippen LogP contribution in [0.5, 0.6) is 5.75 Å². The first-order valence-electron chi connectivity index (χ1n) is 8.21. The summed E-state index contributed by atoms with van der Waals surface area (Å²) in [6.45, 7) is 3.81. The van der Waals surface area contributed by atoms with Gasteiger partial charge in [0.1, 0.15) is 11.8 Å². The first-order chi connectivity index (χ1) is 12.0. The Morgan fingerprint density at radius 3 is 2.56 bits per heavy atom. The molecule has 7 heteroatoms. The predicted octanol–water partition coefficient (Wildman–Crippen LogP) is 2.56. The van der Waals surface area contributed by atoms with E-state index in [9.17, 15) is 14.7 Å². The van der Waals surface area contributed by atoms with Gasteiger partial charge in [0.2, 0.25) is 0 Å². The van der Waals surface area contributed by atoms with Gasteiger partial charge in [0.15, 0.2) is 5.69 Å². The summed E-state index contributed by atoms with van der Waals surface area (Å²) in [5.74, 6) is -0.793. The van der Waals surface area contributed by atoms with Crippen LogP contribution in [-0.4, -0.2) is 39.9 Å². The molecule has 25 heavy (non-hydrogen) atoms. The number of aromatic nitrogens is 2. The Labute approximate surface area is 146 Å². The number of benzene rings is 1. The number of aryl methyl sites for hydroxylation is 1. The van der Waals surface area contributed by atoms with Crippen LogP contribution in [0.25, 0.3) is 5.69 Å². The lowest BCUT2D eigenvalue weighted by molar-refractivity contribution is -0.139. The summed E-state index contributed by atoms with van der Waals surface area (Å²) in [5, 5.41) is 16.1. The molecule has 1 atom stereocenters. The van der Waals surface area contributed by atoms with Gasteiger partial charge in [-0.3, -0.25) is 4.79 Å². The van der Waals surface area contributed by atoms with Gasteiger partial charge in [-0.15, -0.1) is 0 Å². The van der Waals surface area contributed by atoms with Crippen molar-refractivity contribution in [3.05, 3.63) is 41.7 Å². The molecule has 0 radical (unpaired) electrons. The average molecular weight is 345 g/mol. The first-order valence-corrected chi connectivity index (χ1v) is 8.21. The first kappa shape index (κ1) is 18.5. The number of carboxylic acids is 1. The maximum absolute atomic E-state index is 12.3. The van der Waals surface area contributed by atoms with Gasteiger partial charge >= 0.3 is 5.97 Å². The Morgan fingerprint density at radius 2 is 2.00 bits per heavy atom. The van der Waals surface area contributed by atoms with E-state index in [1.807, 2.05) is 26.0 Å². The number of rotatable bonds is 8. The zero-order valence-corrected chi connectivity index (χ0v) is 14.7. The molecule has 0 aliphatic heterocycles. The van der Waals surface area contributed by atoms with Crippen molar-refractivity contribution in [2.45, 2.75) is 39.2 Å². The number of unbranched alkanes of at least 4 members (excludes halogenated alkanes) is 1. The number of carbonyl (C=O) groups excluding carboxylic acids is 1. The van der Waals surface area contributed by atoms with E-state index in [0.717, 1.165) is 30.0 Å². The quantitative estimate of drug-likeness (QED) is 0.767. The second-order valence-electron chi connectivity index (χ2n) is 5.79. The standard InChI is InChI=1S/C18H23N3O4/c1-4-5-6-15(18(23)24)19-17(22)16-11-12(2)21(20-16)13-7-9-14(25-3)10-8-13/h7-11,15H,4-6H2,1-3H3,(H,19,22)(H,23,24)/t15-/m0/s1. The number of carboxylic acid groups (broad SMARTS) is 1. The van der Waals surface area contributed by atoms with Gasteiger partial charge in [-0.1, -0.05) is 19.8 Å². The second kappa shape index (κ2) is 8.32. The molecule has 1 heterocycles. The Balaban J connectivity index is 2.17. The van der Waals surface area contributed by atoms with Crippen LogP contribution in [0.15, 0.2) is 30.3 Å². The van der Waals surface area contributed by atoms with E-state index in [1.54, 1.807) is 30.0 Å². The third kappa shape index (κ3) is 4.59. The molecule has 7 nitrogen and oxygen atoms in total. The minimum Gasteiger partial charge on any atom is -0.497 e. The van der Waals surface area contributed by atoms with Gasteiger partial charge in [0.05, 0.1) is 12.8 Å². The van der Waals surface area contributed by atoms with Crippen LogP contribution in [-0.2, 0) is 4.79 Å². The molecule has 1 aromatic heterocycles. The van der Waals surface area contributed by atoms with Gasteiger partial charge in [-0.05, 0) is 43.7 Å². The molecule has 0 saturated carbocycles. The Morgan fingerprint density at radius 1 is 1.32 bits per heavy atom. The molecule has 2 rings (SSSR count). The predicted molar refractivity (Wildman–Crippen MR) is 93.3 cm³/mol. The lowest BCUT2D eigenvalue weighted by Crippen LogP contribution is -2.40. The van der Waals surface area contributed by atoms with Crippen molar-refractivity contribution >= 4 is 11.9 Å². The van der Waals surface area contributed by atoms with E-state index in [-0.39, 0.29) is 5.69 Å². The fourth-order valence-corrected chi connectivity index (χ4v) is 2.47. The Bertz CT molecular complexity index is 737. The van der Waals surface area contributed by atoms with E-state index in [0.29, 0.717) is 6.42 Å². The fourth-order valence-electron chi connectivity index (χ4n) is 2.47. The fraction of sp³-hybridized carbons (Fsp3) is 0.389. The molecular weight excluding hydrogens is 322 g/mol. The third-order valence-electron chi connectivity index (χ3n) is 3.89. The number of ether oxygens (including phenoxy) is 1. The molecule has 1 amide bonds. The number of hydrogen-bond donors (Lipinski definition) is 2. The summed E-state index contributed by atoms with van der Waals surface area (Å²) in [6, 6.07) is 8.02. The van der Waals surface area contributed by atoms with E-state index >= 15 is 0 Å². The molecule has 0 fully saturated rings. The maximum atomic E-state index is 12.3. The highest BCUT2D eigenvalue weighted by molar-refractivity contribution is 5.95. The van der Waals surface area contributed by atoms with Gasteiger partial charge in [0, 0.05) is 5.69 Å². The summed E-state index contributed by atoms with van der Waals surface area (Å²) in [4.78, 5) is 23.6. The van der Waals surface area contributed by atoms with Crippen molar-refractivity contribution < 1.29 is 19.4 Å². The van der Waals surface area contributed by atoms with E-state index in [2.05, 4.69) is 10.4 Å². The minimum absolute atomic E-state index is 0.191. The molecule has 2 N–H and O–H groups in total. The van der Waals surface area contributed by atoms with E-state index < -0.39 is 17.9 Å². The lowest BCUT2D eigenvalue weighted by Gasteiger charge is -2.12. The maximum Gasteiger partial charge on any atom is 0.326 e. The van der Waals surface area contributed by atoms with E-state index in [1.165, 1.54) is 0 Å². The smallest absolute Gasteiger partial charge is 0.326 e. The van der Waals surface area contributed by atoms with Crippen LogP contribution < -0.4 is 10.1 Å². The summed E-state index contributed by atoms with van der Waals surface area (Å²) < 4.78 is 6.76. The normalized spacial score (nSPS) is 11.8. The van der Waals surface area contributed by atoms with Crippen LogP contribution in [0, 0.1) is 6.92 Å². The molecular formula is C18H23N3O4. The topological polar surface area (TPSA) is 93.5 Å². The summed E-state index contributed by atoms with van der Waals surface area (Å²) >= 11 is 0. The largest absolute Gasteiger partial charge is 0.497 e. The summed E-state index contributed by atoms with van der Waals surface area (Å²) in [5.41, 5.74) is 1.75. The number of carbonyl (C=O) groups is 2. The van der Waals surface area contributed by atoms with Crippen LogP contribution >= 0.6 is 0 Å². The summed E-state index contributed by atoms with van der Waals surface area (Å²) in [7, 11) is 1.59. The molecule has 1 aromatic carbocycles. The zero-order valence-electron chi connectivity index (χ0n) is 14.7. The molecule has 0 unspecified atom stereocenters. The zero-order chi connectivity index (χ0) is 18.4. The number of aliphatic carboxylic acids is 1. The van der Waals surface area contributed by atoms with E-state index in [4.69, 9.17) is 4.74 Å². The minimum atomic E-state index is -1.03. The SMILES string of the molecule is CCCC[C@H](NC(=O)c1cc(C)n(-c2ccc(OC)cc2)n1)C(=O)O. The van der Waals surface area contributed by atoms with Crippen LogP contribution in [0.3, 0.4) is 0 Å². The van der Waals surface area contributed by atoms with Crippen molar-refractivity contribution in [1.29, 1.82) is 0 Å².